The maximum absolute atomic E-state index is 14.0. The van der Waals surface area contributed by atoms with Gasteiger partial charge in [0.1, 0.15) is 5.75 Å². The van der Waals surface area contributed by atoms with E-state index in [1.165, 1.54) is 18.2 Å². The Morgan fingerprint density at radius 2 is 1.61 bits per heavy atom. The van der Waals surface area contributed by atoms with E-state index in [1.54, 1.807) is 13.1 Å². The highest BCUT2D eigenvalue weighted by Gasteiger charge is 2.43. The smallest absolute Gasteiger partial charge is 0.420 e. The van der Waals surface area contributed by atoms with E-state index in [0.29, 0.717) is 23.0 Å². The molecule has 2 aromatic carbocycles. The van der Waals surface area contributed by atoms with Gasteiger partial charge in [-0.2, -0.15) is 26.3 Å². The summed E-state index contributed by atoms with van der Waals surface area (Å²) in [5.41, 5.74) is -2.33. The standard InChI is InChI=1S/C27H25F6NO4/c1-4-37-24(36)10-7-17(35)6-5-16-11-21(26(28,29)30)25(22(12-16)27(31,32)33)38-18-8-9-23-19(13-18)20(14-34-23)15(2)3/h5-6,8-9,11-15,34H,4,7,10H2,1-3H3. The Kier molecular flexibility index (Phi) is 8.58. The van der Waals surface area contributed by atoms with E-state index < -0.39 is 46.5 Å². The van der Waals surface area contributed by atoms with Gasteiger partial charge in [0, 0.05) is 23.5 Å². The summed E-state index contributed by atoms with van der Waals surface area (Å²) in [6, 6.07) is 5.13. The summed E-state index contributed by atoms with van der Waals surface area (Å²) in [4.78, 5) is 26.4. The van der Waals surface area contributed by atoms with Gasteiger partial charge in [-0.15, -0.1) is 0 Å². The Morgan fingerprint density at radius 1 is 0.974 bits per heavy atom. The summed E-state index contributed by atoms with van der Waals surface area (Å²) < 4.78 is 93.7. The minimum absolute atomic E-state index is 0.0431. The molecular weight excluding hydrogens is 516 g/mol. The molecule has 0 spiro atoms. The van der Waals surface area contributed by atoms with Gasteiger partial charge in [-0.1, -0.05) is 19.9 Å². The van der Waals surface area contributed by atoms with E-state index in [9.17, 15) is 35.9 Å². The molecule has 0 bridgehead atoms. The second kappa shape index (κ2) is 11.3. The number of halogens is 6. The van der Waals surface area contributed by atoms with Crippen molar-refractivity contribution in [2.45, 2.75) is 51.9 Å². The number of hydrogen-bond donors (Lipinski definition) is 1. The van der Waals surface area contributed by atoms with Crippen LogP contribution < -0.4 is 4.74 Å². The Labute approximate surface area is 214 Å². The number of H-pyrrole nitrogens is 1. The highest BCUT2D eigenvalue weighted by molar-refractivity contribution is 5.95. The molecule has 0 saturated carbocycles. The molecule has 0 aliphatic carbocycles. The van der Waals surface area contributed by atoms with E-state index in [2.05, 4.69) is 9.72 Å². The van der Waals surface area contributed by atoms with Crippen molar-refractivity contribution in [3.63, 3.8) is 0 Å². The lowest BCUT2D eigenvalue weighted by atomic mass is 10.0. The van der Waals surface area contributed by atoms with Crippen molar-refractivity contribution in [1.29, 1.82) is 0 Å². The van der Waals surface area contributed by atoms with Crippen LogP contribution in [0, 0.1) is 0 Å². The molecule has 11 heteroatoms. The van der Waals surface area contributed by atoms with Crippen molar-refractivity contribution in [3.8, 4) is 11.5 Å². The summed E-state index contributed by atoms with van der Waals surface area (Å²) in [5.74, 6) is -2.86. The quantitative estimate of drug-likeness (QED) is 0.169. The third kappa shape index (κ3) is 6.96. The molecule has 204 valence electrons. The molecule has 1 heterocycles. The molecule has 3 rings (SSSR count). The van der Waals surface area contributed by atoms with Crippen LogP contribution in [0.2, 0.25) is 0 Å². The zero-order chi connectivity index (χ0) is 28.3. The number of fused-ring (bicyclic) bond motifs is 1. The van der Waals surface area contributed by atoms with Gasteiger partial charge in [0.15, 0.2) is 11.5 Å². The number of benzene rings is 2. The fourth-order valence-electron chi connectivity index (χ4n) is 3.79. The van der Waals surface area contributed by atoms with Gasteiger partial charge in [0.25, 0.3) is 0 Å². The Hall–Kier alpha value is -3.76. The number of hydrogen-bond acceptors (Lipinski definition) is 4. The minimum Gasteiger partial charge on any atom is -0.466 e. The first kappa shape index (κ1) is 28.8. The van der Waals surface area contributed by atoms with Crippen molar-refractivity contribution in [2.75, 3.05) is 6.61 Å². The number of rotatable bonds is 9. The summed E-state index contributed by atoms with van der Waals surface area (Å²) >= 11 is 0. The lowest BCUT2D eigenvalue weighted by Crippen LogP contribution is -2.14. The SMILES string of the molecule is CCOC(=O)CCC(=O)C=Cc1cc(C(F)(F)F)c(Oc2ccc3[nH]cc(C(C)C)c3c2)c(C(F)(F)F)c1. The number of ketones is 1. The van der Waals surface area contributed by atoms with Crippen LogP contribution >= 0.6 is 0 Å². The third-order valence-electron chi connectivity index (χ3n) is 5.59. The molecule has 0 aliphatic rings. The largest absolute Gasteiger partial charge is 0.466 e. The van der Waals surface area contributed by atoms with E-state index in [1.807, 2.05) is 13.8 Å². The second-order valence-electron chi connectivity index (χ2n) is 8.75. The zero-order valence-electron chi connectivity index (χ0n) is 20.7. The van der Waals surface area contributed by atoms with E-state index in [-0.39, 0.29) is 31.1 Å². The number of aromatic nitrogens is 1. The van der Waals surface area contributed by atoms with Crippen LogP contribution in [-0.4, -0.2) is 23.3 Å². The predicted octanol–water partition coefficient (Wildman–Crippen LogP) is 8.05. The van der Waals surface area contributed by atoms with E-state index >= 15 is 0 Å². The number of allylic oxidation sites excluding steroid dienone is 1. The van der Waals surface area contributed by atoms with Gasteiger partial charge in [-0.25, -0.2) is 0 Å². The van der Waals surface area contributed by atoms with Gasteiger partial charge in [-0.3, -0.25) is 9.59 Å². The first-order chi connectivity index (χ1) is 17.7. The van der Waals surface area contributed by atoms with Crippen LogP contribution in [0.15, 0.2) is 42.6 Å². The van der Waals surface area contributed by atoms with Crippen LogP contribution in [0.1, 0.15) is 61.8 Å². The normalized spacial score (nSPS) is 12.5. The molecule has 5 nitrogen and oxygen atoms in total. The van der Waals surface area contributed by atoms with E-state index in [4.69, 9.17) is 4.74 Å². The van der Waals surface area contributed by atoms with Gasteiger partial charge >= 0.3 is 18.3 Å². The molecule has 0 atom stereocenters. The highest BCUT2D eigenvalue weighted by atomic mass is 19.4. The number of ether oxygens (including phenoxy) is 2. The number of carbonyl (C=O) groups is 2. The molecule has 1 aromatic heterocycles. The van der Waals surface area contributed by atoms with Crippen molar-refractivity contribution in [2.24, 2.45) is 0 Å². The molecule has 0 radical (unpaired) electrons. The lowest BCUT2D eigenvalue weighted by Gasteiger charge is -2.20. The van der Waals surface area contributed by atoms with Crippen molar-refractivity contribution >= 4 is 28.7 Å². The maximum atomic E-state index is 14.0. The minimum atomic E-state index is -5.20. The lowest BCUT2D eigenvalue weighted by molar-refractivity contribution is -0.145. The highest BCUT2D eigenvalue weighted by Crippen LogP contribution is 2.47. The molecular formula is C27H25F6NO4. The van der Waals surface area contributed by atoms with Gasteiger partial charge in [-0.05, 0) is 60.4 Å². The van der Waals surface area contributed by atoms with Gasteiger partial charge in [0.05, 0.1) is 24.2 Å². The molecule has 3 aromatic rings. The Balaban J connectivity index is 2.03. The van der Waals surface area contributed by atoms with Gasteiger partial charge in [0.2, 0.25) is 0 Å². The molecule has 38 heavy (non-hydrogen) atoms. The van der Waals surface area contributed by atoms with Crippen LogP contribution in [0.4, 0.5) is 26.3 Å². The third-order valence-corrected chi connectivity index (χ3v) is 5.59. The van der Waals surface area contributed by atoms with Crippen molar-refractivity contribution < 1.29 is 45.4 Å². The summed E-state index contributed by atoms with van der Waals surface area (Å²) in [5, 5.41) is 0.612. The van der Waals surface area contributed by atoms with Crippen LogP contribution in [-0.2, 0) is 26.7 Å². The zero-order valence-corrected chi connectivity index (χ0v) is 20.7. The van der Waals surface area contributed by atoms with Crippen LogP contribution in [0.25, 0.3) is 17.0 Å². The molecule has 0 saturated heterocycles. The molecule has 0 unspecified atom stereocenters. The van der Waals surface area contributed by atoms with Crippen LogP contribution in [0.5, 0.6) is 11.5 Å². The van der Waals surface area contributed by atoms with Gasteiger partial charge < -0.3 is 14.5 Å². The first-order valence-electron chi connectivity index (χ1n) is 11.7. The maximum Gasteiger partial charge on any atom is 0.420 e. The number of nitrogens with one attached hydrogen (secondary N) is 1. The Morgan fingerprint density at radius 3 is 2.16 bits per heavy atom. The van der Waals surface area contributed by atoms with Crippen molar-refractivity contribution in [3.05, 3.63) is 64.9 Å². The summed E-state index contributed by atoms with van der Waals surface area (Å²) in [7, 11) is 0. The summed E-state index contributed by atoms with van der Waals surface area (Å²) in [6.45, 7) is 5.47. The number of aromatic amines is 1. The first-order valence-corrected chi connectivity index (χ1v) is 11.7. The molecule has 0 aliphatic heterocycles. The monoisotopic (exact) mass is 541 g/mol. The second-order valence-corrected chi connectivity index (χ2v) is 8.75. The number of carbonyl (C=O) groups excluding carboxylic acids is 2. The molecule has 0 amide bonds. The fraction of sp³-hybridized carbons (Fsp3) is 0.333. The average molecular weight is 541 g/mol. The average Bonchev–Trinajstić information content (AvgIpc) is 3.24. The summed E-state index contributed by atoms with van der Waals surface area (Å²) in [6.07, 6.45) is -7.60. The fourth-order valence-corrected chi connectivity index (χ4v) is 3.79. The number of alkyl halides is 6. The van der Waals surface area contributed by atoms with E-state index in [0.717, 1.165) is 17.7 Å². The Bertz CT molecular complexity index is 1320. The topological polar surface area (TPSA) is 68.4 Å². The number of esters is 1. The predicted molar refractivity (Wildman–Crippen MR) is 129 cm³/mol. The van der Waals surface area contributed by atoms with Crippen LogP contribution in [0.3, 0.4) is 0 Å². The van der Waals surface area contributed by atoms with Crippen molar-refractivity contribution in [1.82, 2.24) is 4.98 Å². The molecule has 1 N–H and O–H groups in total. The molecule has 0 fully saturated rings.